The van der Waals surface area contributed by atoms with Gasteiger partial charge < -0.3 is 10.1 Å². The number of nitrogens with zero attached hydrogens (tertiary/aromatic N) is 2. The molecule has 1 aromatic heterocycles. The summed E-state index contributed by atoms with van der Waals surface area (Å²) in [5, 5.41) is 3.34. The van der Waals surface area contributed by atoms with Crippen LogP contribution in [-0.2, 0) is 6.42 Å². The Hall–Kier alpha value is -2.10. The number of hydrogen-bond donors (Lipinski definition) is 1. The van der Waals surface area contributed by atoms with Crippen molar-refractivity contribution in [1.82, 2.24) is 9.97 Å². The van der Waals surface area contributed by atoms with Crippen molar-refractivity contribution in [3.8, 4) is 5.75 Å². The maximum Gasteiger partial charge on any atom is 0.129 e. The summed E-state index contributed by atoms with van der Waals surface area (Å²) in [5.74, 6) is 2.28. The largest absolute Gasteiger partial charge is 0.488 e. The second kappa shape index (κ2) is 5.49. The molecule has 0 radical (unpaired) electrons. The molecule has 4 heteroatoms. The number of benzene rings is 1. The van der Waals surface area contributed by atoms with Gasteiger partial charge in [-0.05, 0) is 17.5 Å². The molecule has 0 fully saturated rings. The first-order valence-electron chi connectivity index (χ1n) is 7.03. The minimum Gasteiger partial charge on any atom is -0.488 e. The summed E-state index contributed by atoms with van der Waals surface area (Å²) >= 11 is 0. The SMILES string of the molecule is CC(C)c1cc(NCC2Cc3ccccc3O2)ncn1. The Morgan fingerprint density at radius 3 is 2.95 bits per heavy atom. The smallest absolute Gasteiger partial charge is 0.129 e. The lowest BCUT2D eigenvalue weighted by Crippen LogP contribution is -2.24. The molecule has 1 atom stereocenters. The number of hydrogen-bond acceptors (Lipinski definition) is 4. The van der Waals surface area contributed by atoms with Crippen LogP contribution in [0.15, 0.2) is 36.7 Å². The van der Waals surface area contributed by atoms with Crippen molar-refractivity contribution >= 4 is 5.82 Å². The molecule has 20 heavy (non-hydrogen) atoms. The lowest BCUT2D eigenvalue weighted by Gasteiger charge is -2.13. The van der Waals surface area contributed by atoms with Gasteiger partial charge in [-0.2, -0.15) is 0 Å². The number of aromatic nitrogens is 2. The van der Waals surface area contributed by atoms with Crippen LogP contribution in [0.25, 0.3) is 0 Å². The van der Waals surface area contributed by atoms with E-state index in [4.69, 9.17) is 4.74 Å². The summed E-state index contributed by atoms with van der Waals surface area (Å²) in [7, 11) is 0. The monoisotopic (exact) mass is 269 g/mol. The molecule has 0 saturated heterocycles. The Kier molecular flexibility index (Phi) is 3.54. The maximum absolute atomic E-state index is 5.90. The van der Waals surface area contributed by atoms with Crippen molar-refractivity contribution in [2.75, 3.05) is 11.9 Å². The van der Waals surface area contributed by atoms with Crippen LogP contribution in [0.5, 0.6) is 5.75 Å². The van der Waals surface area contributed by atoms with Gasteiger partial charge in [0.1, 0.15) is 24.0 Å². The molecule has 0 bridgehead atoms. The van der Waals surface area contributed by atoms with Crippen LogP contribution in [0.4, 0.5) is 5.82 Å². The van der Waals surface area contributed by atoms with Gasteiger partial charge in [-0.3, -0.25) is 0 Å². The molecule has 1 N–H and O–H groups in total. The molecule has 1 aliphatic heterocycles. The first-order chi connectivity index (χ1) is 9.72. The Morgan fingerprint density at radius 1 is 1.30 bits per heavy atom. The summed E-state index contributed by atoms with van der Waals surface area (Å²) in [4.78, 5) is 8.52. The molecular weight excluding hydrogens is 250 g/mol. The zero-order chi connectivity index (χ0) is 13.9. The third-order valence-electron chi connectivity index (χ3n) is 3.50. The number of nitrogens with one attached hydrogen (secondary N) is 1. The molecular formula is C16H19N3O. The van der Waals surface area contributed by atoms with Crippen LogP contribution in [0.1, 0.15) is 31.0 Å². The van der Waals surface area contributed by atoms with Gasteiger partial charge in [-0.25, -0.2) is 9.97 Å². The van der Waals surface area contributed by atoms with E-state index >= 15 is 0 Å². The Bertz CT molecular complexity index is 573. The fourth-order valence-corrected chi connectivity index (χ4v) is 2.37. The number of anilines is 1. The van der Waals surface area contributed by atoms with Gasteiger partial charge in [0.15, 0.2) is 0 Å². The van der Waals surface area contributed by atoms with Gasteiger partial charge in [0.25, 0.3) is 0 Å². The second-order valence-electron chi connectivity index (χ2n) is 5.42. The number of ether oxygens (including phenoxy) is 1. The van der Waals surface area contributed by atoms with Crippen molar-refractivity contribution < 1.29 is 4.74 Å². The van der Waals surface area contributed by atoms with Crippen molar-refractivity contribution in [3.63, 3.8) is 0 Å². The van der Waals surface area contributed by atoms with Crippen LogP contribution < -0.4 is 10.1 Å². The molecule has 0 aliphatic carbocycles. The topological polar surface area (TPSA) is 47.0 Å². The van der Waals surface area contributed by atoms with Gasteiger partial charge in [0.2, 0.25) is 0 Å². The standard InChI is InChI=1S/C16H19N3O/c1-11(2)14-8-16(19-10-18-14)17-9-13-7-12-5-3-4-6-15(12)20-13/h3-6,8,10-11,13H,7,9H2,1-2H3,(H,17,18,19). The minimum atomic E-state index is 0.171. The van der Waals surface area contributed by atoms with Crippen LogP contribution in [0, 0.1) is 0 Å². The molecule has 104 valence electrons. The van der Waals surface area contributed by atoms with E-state index in [2.05, 4.69) is 41.3 Å². The fraction of sp³-hybridized carbons (Fsp3) is 0.375. The highest BCUT2D eigenvalue weighted by Crippen LogP contribution is 2.28. The fourth-order valence-electron chi connectivity index (χ4n) is 2.37. The molecule has 0 amide bonds. The Morgan fingerprint density at radius 2 is 2.15 bits per heavy atom. The van der Waals surface area contributed by atoms with E-state index in [0.29, 0.717) is 5.92 Å². The van der Waals surface area contributed by atoms with Gasteiger partial charge in [0.05, 0.1) is 6.54 Å². The highest BCUT2D eigenvalue weighted by atomic mass is 16.5. The van der Waals surface area contributed by atoms with Crippen LogP contribution in [0.2, 0.25) is 0 Å². The van der Waals surface area contributed by atoms with Crippen LogP contribution in [-0.4, -0.2) is 22.6 Å². The van der Waals surface area contributed by atoms with E-state index in [1.807, 2.05) is 18.2 Å². The molecule has 2 aromatic rings. The number of para-hydroxylation sites is 1. The zero-order valence-electron chi connectivity index (χ0n) is 11.8. The lowest BCUT2D eigenvalue weighted by atomic mass is 10.1. The first kappa shape index (κ1) is 12.9. The Balaban J connectivity index is 1.60. The predicted octanol–water partition coefficient (Wildman–Crippen LogP) is 3.02. The van der Waals surface area contributed by atoms with Gasteiger partial charge in [-0.1, -0.05) is 32.0 Å². The zero-order valence-corrected chi connectivity index (χ0v) is 11.8. The van der Waals surface area contributed by atoms with E-state index < -0.39 is 0 Å². The minimum absolute atomic E-state index is 0.171. The van der Waals surface area contributed by atoms with E-state index in [1.165, 1.54) is 5.56 Å². The number of fused-ring (bicyclic) bond motifs is 1. The molecule has 1 aromatic carbocycles. The van der Waals surface area contributed by atoms with Gasteiger partial charge in [-0.15, -0.1) is 0 Å². The van der Waals surface area contributed by atoms with Crippen LogP contribution in [0.3, 0.4) is 0 Å². The summed E-state index contributed by atoms with van der Waals surface area (Å²) < 4.78 is 5.90. The summed E-state index contributed by atoms with van der Waals surface area (Å²) in [6, 6.07) is 10.2. The molecule has 0 spiro atoms. The quantitative estimate of drug-likeness (QED) is 0.927. The normalized spacial score (nSPS) is 16.9. The van der Waals surface area contributed by atoms with E-state index in [-0.39, 0.29) is 6.10 Å². The highest BCUT2D eigenvalue weighted by Gasteiger charge is 2.21. The molecule has 1 aliphatic rings. The average molecular weight is 269 g/mol. The molecule has 2 heterocycles. The summed E-state index contributed by atoms with van der Waals surface area (Å²) in [6.45, 7) is 5.01. The summed E-state index contributed by atoms with van der Waals surface area (Å²) in [6.07, 6.45) is 2.73. The Labute approximate surface area is 119 Å². The van der Waals surface area contributed by atoms with Crippen molar-refractivity contribution in [3.05, 3.63) is 47.9 Å². The van der Waals surface area contributed by atoms with E-state index in [0.717, 1.165) is 30.2 Å². The molecule has 3 rings (SSSR count). The first-order valence-corrected chi connectivity index (χ1v) is 7.03. The van der Waals surface area contributed by atoms with Crippen molar-refractivity contribution in [2.24, 2.45) is 0 Å². The lowest BCUT2D eigenvalue weighted by molar-refractivity contribution is 0.246. The molecule has 0 saturated carbocycles. The van der Waals surface area contributed by atoms with E-state index in [9.17, 15) is 0 Å². The highest BCUT2D eigenvalue weighted by molar-refractivity contribution is 5.39. The molecule has 1 unspecified atom stereocenters. The van der Waals surface area contributed by atoms with Crippen molar-refractivity contribution in [2.45, 2.75) is 32.3 Å². The predicted molar refractivity (Wildman–Crippen MR) is 79.2 cm³/mol. The summed E-state index contributed by atoms with van der Waals surface area (Å²) in [5.41, 5.74) is 2.34. The van der Waals surface area contributed by atoms with E-state index in [1.54, 1.807) is 6.33 Å². The van der Waals surface area contributed by atoms with Crippen molar-refractivity contribution in [1.29, 1.82) is 0 Å². The average Bonchev–Trinajstić information content (AvgIpc) is 2.88. The second-order valence-corrected chi connectivity index (χ2v) is 5.42. The molecule has 4 nitrogen and oxygen atoms in total. The third-order valence-corrected chi connectivity index (χ3v) is 3.50. The van der Waals surface area contributed by atoms with Gasteiger partial charge >= 0.3 is 0 Å². The van der Waals surface area contributed by atoms with Crippen LogP contribution >= 0.6 is 0 Å². The number of rotatable bonds is 4. The maximum atomic E-state index is 5.90. The van der Waals surface area contributed by atoms with Gasteiger partial charge in [0, 0.05) is 18.2 Å². The third kappa shape index (κ3) is 2.74.